The Morgan fingerprint density at radius 1 is 0.538 bits per heavy atom. The van der Waals surface area contributed by atoms with E-state index in [0.29, 0.717) is 118 Å². The maximum Gasteiger partial charge on any atom is 1.00 e. The molecule has 0 aromatic rings. The molecule has 12 nitrogen and oxygen atoms in total. The molecule has 13 aliphatic rings. The van der Waals surface area contributed by atoms with Crippen LogP contribution in [-0.4, -0.2) is 98.9 Å². The van der Waals surface area contributed by atoms with Crippen molar-refractivity contribution in [2.24, 2.45) is 174 Å². The third-order valence-electron chi connectivity index (χ3n) is 39.4. The number of terminal acetylenes is 1. The van der Waals surface area contributed by atoms with Gasteiger partial charge in [-0.05, 0) is 422 Å². The summed E-state index contributed by atoms with van der Waals surface area (Å²) in [5.74, 6) is 28.9. The third-order valence-corrected chi connectivity index (χ3v) is 39.4. The molecule has 13 heteroatoms. The van der Waals surface area contributed by atoms with E-state index < -0.39 is 18.0 Å². The summed E-state index contributed by atoms with van der Waals surface area (Å²) in [7, 11) is 0. The predicted molar refractivity (Wildman–Crippen MR) is 472 cm³/mol. The number of hydrogen-bond donors (Lipinski definition) is 6. The molecule has 0 aliphatic heterocycles. The van der Waals surface area contributed by atoms with Gasteiger partial charge in [-0.3, -0.25) is 0 Å². The molecule has 6 N–H and O–H groups in total. The number of carbonyl (C=O) groups is 4. The van der Waals surface area contributed by atoms with E-state index in [1.165, 1.54) is 154 Å². The van der Waals surface area contributed by atoms with Gasteiger partial charge in [0, 0.05) is 43.1 Å². The van der Waals surface area contributed by atoms with Gasteiger partial charge in [-0.1, -0.05) is 135 Å². The van der Waals surface area contributed by atoms with E-state index in [2.05, 4.69) is 138 Å². The number of carbonyl (C=O) groups excluding carboxylic acids is 4. The smallest absolute Gasteiger partial charge is 0.550 e. The van der Waals surface area contributed by atoms with Gasteiger partial charge in [-0.15, -0.1) is 6.42 Å². The summed E-state index contributed by atoms with van der Waals surface area (Å²) in [6.45, 7) is 35.6. The fourth-order valence-electron chi connectivity index (χ4n) is 32.0. The van der Waals surface area contributed by atoms with Crippen molar-refractivity contribution >= 4 is 24.5 Å². The molecule has 0 aromatic carbocycles. The normalized spacial score (nSPS) is 44.3. The van der Waals surface area contributed by atoms with Gasteiger partial charge in [0.2, 0.25) is 0 Å². The first-order valence-corrected chi connectivity index (χ1v) is 48.3. The number of aldehydes is 2. The van der Waals surface area contributed by atoms with Crippen molar-refractivity contribution < 1.29 is 94.9 Å². The maximum absolute atomic E-state index is 12.3. The first-order chi connectivity index (χ1) is 55.1. The molecule has 13 saturated carbocycles. The molecule has 0 saturated heterocycles. The van der Waals surface area contributed by atoms with Crippen molar-refractivity contribution in [2.75, 3.05) is 13.2 Å². The molecule has 13 rings (SSSR count). The van der Waals surface area contributed by atoms with Crippen molar-refractivity contribution in [3.05, 3.63) is 0 Å². The number of carboxylic acid groups (broad SMARTS) is 1. The van der Waals surface area contributed by atoms with Crippen LogP contribution in [0.5, 0.6) is 0 Å². The summed E-state index contributed by atoms with van der Waals surface area (Å²) in [6, 6.07) is 0. The van der Waals surface area contributed by atoms with Gasteiger partial charge >= 0.3 is 35.5 Å². The molecule has 0 spiro atoms. The summed E-state index contributed by atoms with van der Waals surface area (Å²) in [4.78, 5) is 45.6. The van der Waals surface area contributed by atoms with Gasteiger partial charge < -0.3 is 54.9 Å². The number of aliphatic carboxylic acids is 1. The van der Waals surface area contributed by atoms with Crippen molar-refractivity contribution in [3.8, 4) is 47.9 Å². The molecule has 0 amide bonds. The van der Waals surface area contributed by atoms with Crippen LogP contribution in [0.1, 0.15) is 366 Å². The summed E-state index contributed by atoms with van der Waals surface area (Å²) in [5.41, 5.74) is 1.44. The van der Waals surface area contributed by atoms with Crippen LogP contribution in [0.2, 0.25) is 0 Å². The second-order valence-corrected chi connectivity index (χ2v) is 44.5. The fourth-order valence-corrected chi connectivity index (χ4v) is 32.0. The molecule has 0 heterocycles. The molecule has 10 unspecified atom stereocenters. The number of ether oxygens (including phenoxy) is 1. The largest absolute Gasteiger partial charge is 1.00 e. The van der Waals surface area contributed by atoms with E-state index in [-0.39, 0.29) is 118 Å². The van der Waals surface area contributed by atoms with E-state index in [4.69, 9.17) is 11.2 Å². The van der Waals surface area contributed by atoms with Crippen molar-refractivity contribution in [1.29, 1.82) is 0 Å². The zero-order valence-electron chi connectivity index (χ0n) is 76.7. The number of hydrogen-bond acceptors (Lipinski definition) is 12. The van der Waals surface area contributed by atoms with Gasteiger partial charge in [0.1, 0.15) is 18.7 Å². The van der Waals surface area contributed by atoms with Crippen molar-refractivity contribution in [2.45, 2.75) is 391 Å². The second-order valence-electron chi connectivity index (χ2n) is 44.5. The Labute approximate surface area is 740 Å². The van der Waals surface area contributed by atoms with Crippen LogP contribution in [0.3, 0.4) is 0 Å². The van der Waals surface area contributed by atoms with Gasteiger partial charge in [0.05, 0.1) is 24.4 Å². The van der Waals surface area contributed by atoms with Gasteiger partial charge in [0.25, 0.3) is 0 Å². The number of aliphatic hydroxyl groups excluding tert-OH is 6. The molecule has 13 fully saturated rings. The Hall–Kier alpha value is -2.72. The summed E-state index contributed by atoms with van der Waals surface area (Å²) in [6.07, 6.45) is 50.8. The monoisotopic (exact) mass is 1640 g/mol. The molecule has 662 valence electrons. The van der Waals surface area contributed by atoms with Gasteiger partial charge in [-0.2, -0.15) is 0 Å². The Morgan fingerprint density at radius 3 is 1.80 bits per heavy atom. The van der Waals surface area contributed by atoms with E-state index in [1.54, 1.807) is 0 Å². The molecule has 0 bridgehead atoms. The van der Waals surface area contributed by atoms with Crippen molar-refractivity contribution in [1.82, 2.24) is 0 Å². The van der Waals surface area contributed by atoms with Crippen LogP contribution in [0.25, 0.3) is 0 Å². The van der Waals surface area contributed by atoms with Crippen LogP contribution in [0, 0.1) is 221 Å². The first-order valence-electron chi connectivity index (χ1n) is 48.3. The Balaban J connectivity index is 0.000000289. The van der Waals surface area contributed by atoms with E-state index in [9.17, 15) is 54.9 Å². The summed E-state index contributed by atoms with van der Waals surface area (Å²) >= 11 is 0. The van der Waals surface area contributed by atoms with E-state index in [1.807, 2.05) is 6.92 Å². The zero-order chi connectivity index (χ0) is 84.5. The quantitative estimate of drug-likeness (QED) is 0.0185. The number of carboxylic acids is 1. The Kier molecular flexibility index (Phi) is 35.3. The van der Waals surface area contributed by atoms with Crippen LogP contribution in [0.15, 0.2) is 0 Å². The topological polar surface area (TPSA) is 222 Å². The minimum Gasteiger partial charge on any atom is -0.550 e. The third kappa shape index (κ3) is 20.5. The average Bonchev–Trinajstić information content (AvgIpc) is 1.62. The van der Waals surface area contributed by atoms with E-state index in [0.717, 1.165) is 126 Å². The molecular weight excluding hydrogens is 1460 g/mol. The number of rotatable bonds is 23. The van der Waals surface area contributed by atoms with Crippen LogP contribution in [0.4, 0.5) is 0 Å². The minimum atomic E-state index is -0.971. The molecule has 0 radical (unpaired) electrons. The first kappa shape index (κ1) is 98.1. The fraction of sp³-hybridized carbons (Fsp3) is 0.885. The van der Waals surface area contributed by atoms with Crippen LogP contribution >= 0.6 is 0 Å². The molecule has 34 atom stereocenters. The minimum absolute atomic E-state index is 0. The second kappa shape index (κ2) is 42.1. The Bertz CT molecular complexity index is 3500. The Morgan fingerprint density at radius 2 is 1.13 bits per heavy atom. The molecule has 13 aliphatic carbocycles. The van der Waals surface area contributed by atoms with Crippen molar-refractivity contribution in [3.63, 3.8) is 0 Å². The van der Waals surface area contributed by atoms with Crippen LogP contribution in [-0.2, 0) is 23.9 Å². The number of aliphatic hydroxyl groups is 6. The van der Waals surface area contributed by atoms with Gasteiger partial charge in [0.15, 0.2) is 0 Å². The van der Waals surface area contributed by atoms with E-state index >= 15 is 0 Å². The number of esters is 1. The molecule has 0 aromatic heterocycles. The molecular formula is C104H173NaO12. The summed E-state index contributed by atoms with van der Waals surface area (Å²) in [5, 5.41) is 74.3. The maximum atomic E-state index is 12.3. The predicted octanol–water partition coefficient (Wildman–Crippen LogP) is 17.6. The SMILES string of the molecule is C#CC#CC#CC#CC(=O)O[C@@H]1CC[C@]2(C)C3C[C@H](O)[C@@]4(C)C(CC[C@@H]4[C@H](C)CCCC(C)C)C3CC[C@@H]2C1.CC[C@]1(C)CC(C2CC[C@H]([C@H](C)CCC(=O)[O-])[C@@]2(C)[C@H](C)O)CC[C@@H]1CCO.C[C@H](CCC=O)[C@H]1CCC2CC([C@@]3(C)CC[C@@H](O)C[C@H]3CCO)C[C@H](O)[C@@]21C.C[C@]12CCC3C(CC[C@@H]4CCCC[C@]34C)C1CC[C@@H]2C=O.[HH].[HH].[HH].[HH].[Na+]. The number of fused-ring (bicyclic) bond motifs is 11. The molecule has 117 heavy (non-hydrogen) atoms. The van der Waals surface area contributed by atoms with Crippen LogP contribution < -0.4 is 34.7 Å². The standard InChI is InChI=1S/C36H48O3.C24H42O4.C24H44O4.C20H32O.Na.4H2/c1-7-8-9-10-11-12-16-34(38)39-28-21-22-35(5)27(23-28)17-18-29-31-20-19-30(26(4)15-13-14-25(2)3)36(31,6)33(37)24-32(29)35;1-16(5-4-11-25)21-7-6-18-13-19(15-22(28)24(18,21)3)23(2)10-8-20(27)14-17(23)9-12-26;1-6-23(4)15-18(8-9-19(23)13-14-25)21-11-10-20(24(21,5)17(3)26)16(2)7-12-22(27)28;1-19-11-4-3-5-14(19)6-8-16-17-9-7-15(13-21)20(17,2)12-10-18(16)19;;;;;/h1,25-33,37H,13-15,17-24H2,2-6H3;11,16-22,26-28H,4-10,12-15H2,1-3H3;16-21,25-26H,6-15H2,1-5H3,(H,27,28);13-18H,3-12H2,1-2H3;;4*1H/q;;;;+1;;;;/p-1/t26-,27-,28-,29?,30-,31?,32?,33+,35+,36-;16-,17-,18?,19?,20-,21-,22+,23+,24+;16-,17+,18?,19-,20-,21?,23-,24-;14-,15+,16?,17?,18?,19-,20+;;;;;/m1110...../s1. The average molecular weight is 1640 g/mol. The summed E-state index contributed by atoms with van der Waals surface area (Å²) < 4.78 is 5.74. The van der Waals surface area contributed by atoms with Gasteiger partial charge in [-0.25, -0.2) is 4.79 Å². The zero-order valence-corrected chi connectivity index (χ0v) is 78.7.